The monoisotopic (exact) mass is 728 g/mol. The summed E-state index contributed by atoms with van der Waals surface area (Å²) in [7, 11) is -2.93. The smallest absolute Gasteiger partial charge is 0.407 e. The third kappa shape index (κ3) is 8.29. The zero-order valence-electron chi connectivity index (χ0n) is 27.2. The van der Waals surface area contributed by atoms with Crippen molar-refractivity contribution in [3.05, 3.63) is 130 Å². The zero-order valence-corrected chi connectivity index (χ0v) is 28.8. The van der Waals surface area contributed by atoms with Gasteiger partial charge in [-0.1, -0.05) is 54.1 Å². The van der Waals surface area contributed by atoms with Gasteiger partial charge in [0.05, 0.1) is 12.1 Å². The number of methoxy groups -OCH3 is 1. The van der Waals surface area contributed by atoms with Crippen molar-refractivity contribution in [3.8, 4) is 0 Å². The Balaban J connectivity index is 1.46. The van der Waals surface area contributed by atoms with Crippen LogP contribution in [-0.2, 0) is 26.0 Å². The number of halogens is 4. The first-order valence-electron chi connectivity index (χ1n) is 15.8. The molecule has 1 fully saturated rings. The summed E-state index contributed by atoms with van der Waals surface area (Å²) in [6.45, 7) is 2.45. The highest BCUT2D eigenvalue weighted by Crippen LogP contribution is 2.33. The molecule has 3 atom stereocenters. The number of amides is 2. The average Bonchev–Trinajstić information content (AvgIpc) is 3.07. The summed E-state index contributed by atoms with van der Waals surface area (Å²) in [5.74, 6) is -3.81. The molecule has 0 saturated carbocycles. The van der Waals surface area contributed by atoms with Gasteiger partial charge in [-0.25, -0.2) is 26.4 Å². The molecule has 0 spiro atoms. The Bertz CT molecular complexity index is 1920. The second-order valence-electron chi connectivity index (χ2n) is 11.9. The SMILES string of the molecule is COC(=O)N[C@H](C(=O)Nc1cccc(F)c1CC[C@H]1CNC[C@H](C)N1S(=O)(=O)c1ccccc1Cl)C(c1cccc(F)c1)c1cccc(F)c1. The van der Waals surface area contributed by atoms with Crippen LogP contribution in [-0.4, -0.2) is 63.0 Å². The number of benzene rings is 4. The Morgan fingerprint density at radius 3 is 2.20 bits per heavy atom. The molecule has 50 heavy (non-hydrogen) atoms. The molecular formula is C36H36ClF3N4O5S. The van der Waals surface area contributed by atoms with E-state index in [1.54, 1.807) is 19.1 Å². The van der Waals surface area contributed by atoms with Gasteiger partial charge in [0, 0.05) is 42.3 Å². The van der Waals surface area contributed by atoms with E-state index < -0.39 is 63.5 Å². The lowest BCUT2D eigenvalue weighted by Gasteiger charge is -2.40. The largest absolute Gasteiger partial charge is 0.453 e. The van der Waals surface area contributed by atoms with Gasteiger partial charge in [0.15, 0.2) is 0 Å². The Morgan fingerprint density at radius 2 is 1.58 bits per heavy atom. The van der Waals surface area contributed by atoms with Gasteiger partial charge in [0.2, 0.25) is 15.9 Å². The van der Waals surface area contributed by atoms with Crippen molar-refractivity contribution in [2.75, 3.05) is 25.5 Å². The van der Waals surface area contributed by atoms with Crippen molar-refractivity contribution in [1.82, 2.24) is 14.9 Å². The predicted octanol–water partition coefficient (Wildman–Crippen LogP) is 6.24. The highest BCUT2D eigenvalue weighted by molar-refractivity contribution is 7.89. The van der Waals surface area contributed by atoms with Gasteiger partial charge >= 0.3 is 6.09 Å². The summed E-state index contributed by atoms with van der Waals surface area (Å²) in [5, 5.41) is 8.50. The lowest BCUT2D eigenvalue weighted by Crippen LogP contribution is -2.58. The molecule has 14 heteroatoms. The number of alkyl carbamates (subject to hydrolysis) is 1. The summed E-state index contributed by atoms with van der Waals surface area (Å²) in [4.78, 5) is 26.6. The molecule has 2 amide bonds. The van der Waals surface area contributed by atoms with Crippen LogP contribution < -0.4 is 16.0 Å². The molecule has 0 unspecified atom stereocenters. The van der Waals surface area contributed by atoms with Gasteiger partial charge in [-0.15, -0.1) is 0 Å². The molecule has 9 nitrogen and oxygen atoms in total. The molecule has 1 saturated heterocycles. The van der Waals surface area contributed by atoms with Gasteiger partial charge in [-0.2, -0.15) is 4.31 Å². The molecule has 4 aromatic rings. The van der Waals surface area contributed by atoms with Crippen LogP contribution >= 0.6 is 11.6 Å². The lowest BCUT2D eigenvalue weighted by atomic mass is 9.84. The molecule has 4 aromatic carbocycles. The van der Waals surface area contributed by atoms with Crippen LogP contribution in [0.3, 0.4) is 0 Å². The lowest BCUT2D eigenvalue weighted by molar-refractivity contribution is -0.118. The number of hydrogen-bond acceptors (Lipinski definition) is 6. The third-order valence-corrected chi connectivity index (χ3v) is 11.2. The first-order valence-corrected chi connectivity index (χ1v) is 17.6. The highest BCUT2D eigenvalue weighted by atomic mass is 35.5. The summed E-state index contributed by atoms with van der Waals surface area (Å²) in [6, 6.07) is 18.4. The minimum Gasteiger partial charge on any atom is -0.453 e. The molecule has 1 aliphatic heterocycles. The van der Waals surface area contributed by atoms with E-state index >= 15 is 4.39 Å². The molecule has 264 valence electrons. The van der Waals surface area contributed by atoms with Crippen LogP contribution in [0, 0.1) is 17.5 Å². The number of nitrogens with zero attached hydrogens (tertiary/aromatic N) is 1. The summed E-state index contributed by atoms with van der Waals surface area (Å²) in [6.07, 6.45) is -0.798. The number of carbonyl (C=O) groups is 2. The van der Waals surface area contributed by atoms with E-state index in [9.17, 15) is 26.8 Å². The summed E-state index contributed by atoms with van der Waals surface area (Å²) in [5.41, 5.74) is 0.677. The fourth-order valence-electron chi connectivity index (χ4n) is 6.34. The Kier molecular flexibility index (Phi) is 11.8. The van der Waals surface area contributed by atoms with Crippen molar-refractivity contribution in [3.63, 3.8) is 0 Å². The topological polar surface area (TPSA) is 117 Å². The molecular weight excluding hydrogens is 693 g/mol. The van der Waals surface area contributed by atoms with Crippen LogP contribution in [0.2, 0.25) is 5.02 Å². The minimum absolute atomic E-state index is 0.0161. The number of sulfonamides is 1. The first kappa shape index (κ1) is 36.8. The van der Waals surface area contributed by atoms with Crippen LogP contribution in [0.5, 0.6) is 0 Å². The van der Waals surface area contributed by atoms with E-state index in [2.05, 4.69) is 16.0 Å². The maximum absolute atomic E-state index is 15.5. The van der Waals surface area contributed by atoms with Gasteiger partial charge in [0.1, 0.15) is 28.4 Å². The third-order valence-electron chi connectivity index (χ3n) is 8.60. The number of rotatable bonds is 11. The van der Waals surface area contributed by atoms with Crippen molar-refractivity contribution >= 4 is 39.3 Å². The van der Waals surface area contributed by atoms with Crippen LogP contribution in [0.15, 0.2) is 95.9 Å². The number of carbonyl (C=O) groups excluding carboxylic acids is 2. The van der Waals surface area contributed by atoms with Crippen LogP contribution in [0.1, 0.15) is 36.0 Å². The molecule has 3 N–H and O–H groups in total. The quantitative estimate of drug-likeness (QED) is 0.169. The van der Waals surface area contributed by atoms with Crippen LogP contribution in [0.4, 0.5) is 23.7 Å². The van der Waals surface area contributed by atoms with Gasteiger partial charge in [0.25, 0.3) is 0 Å². The van der Waals surface area contributed by atoms with Gasteiger partial charge in [-0.3, -0.25) is 4.79 Å². The Labute approximate surface area is 293 Å². The zero-order chi connectivity index (χ0) is 36.0. The van der Waals surface area contributed by atoms with E-state index in [0.29, 0.717) is 6.54 Å². The standard InChI is InChI=1S/C36H36ClF3N4O5S/c1-22-20-41-21-27(44(22)50(47,48)32-15-4-3-12-29(32)37)16-17-28-30(40)13-7-14-31(28)42-35(45)34(43-36(46)49-2)33(23-8-5-10-25(38)18-23)24-9-6-11-26(39)19-24/h3-15,18-19,22,27,33-34,41H,16-17,20-21H2,1-2H3,(H,42,45)(H,43,46)/t22-,27-,34-/m0/s1. The molecule has 5 rings (SSSR count). The molecule has 1 aliphatic rings. The number of piperazine rings is 1. The van der Waals surface area contributed by atoms with Gasteiger partial charge in [-0.05, 0) is 79.4 Å². The van der Waals surface area contributed by atoms with Gasteiger partial charge < -0.3 is 20.7 Å². The molecule has 0 radical (unpaired) electrons. The summed E-state index contributed by atoms with van der Waals surface area (Å²) < 4.78 is 78.3. The van der Waals surface area contributed by atoms with Crippen molar-refractivity contribution in [2.45, 2.75) is 48.7 Å². The van der Waals surface area contributed by atoms with E-state index in [0.717, 1.165) is 7.11 Å². The second-order valence-corrected chi connectivity index (χ2v) is 14.1. The normalized spacial score (nSPS) is 17.3. The van der Waals surface area contributed by atoms with E-state index in [1.807, 2.05) is 0 Å². The molecule has 0 aromatic heterocycles. The summed E-state index contributed by atoms with van der Waals surface area (Å²) >= 11 is 6.29. The number of hydrogen-bond donors (Lipinski definition) is 3. The molecule has 1 heterocycles. The van der Waals surface area contributed by atoms with Crippen molar-refractivity contribution < 1.29 is 35.9 Å². The number of anilines is 1. The maximum atomic E-state index is 15.5. The fraction of sp³-hybridized carbons (Fsp3) is 0.278. The maximum Gasteiger partial charge on any atom is 0.407 e. The van der Waals surface area contributed by atoms with Crippen molar-refractivity contribution in [1.29, 1.82) is 0 Å². The minimum atomic E-state index is -4.04. The van der Waals surface area contributed by atoms with E-state index in [1.165, 1.54) is 83.2 Å². The predicted molar refractivity (Wildman–Crippen MR) is 184 cm³/mol. The Morgan fingerprint density at radius 1 is 0.940 bits per heavy atom. The number of ether oxygens (including phenoxy) is 1. The van der Waals surface area contributed by atoms with E-state index in [4.69, 9.17) is 16.3 Å². The fourth-order valence-corrected chi connectivity index (χ4v) is 8.68. The van der Waals surface area contributed by atoms with E-state index in [-0.39, 0.29) is 51.7 Å². The van der Waals surface area contributed by atoms with Crippen molar-refractivity contribution in [2.24, 2.45) is 0 Å². The highest BCUT2D eigenvalue weighted by Gasteiger charge is 2.39. The number of nitrogens with one attached hydrogen (secondary N) is 3. The average molecular weight is 729 g/mol. The molecule has 0 bridgehead atoms. The second kappa shape index (κ2) is 16.1. The Hall–Kier alpha value is -4.43. The molecule has 0 aliphatic carbocycles. The first-order chi connectivity index (χ1) is 23.9. The van der Waals surface area contributed by atoms with Crippen LogP contribution in [0.25, 0.3) is 0 Å².